The van der Waals surface area contributed by atoms with Gasteiger partial charge >= 0.3 is 0 Å². The fourth-order valence-corrected chi connectivity index (χ4v) is 3.19. The summed E-state index contributed by atoms with van der Waals surface area (Å²) in [5, 5.41) is 12.6. The number of aliphatic hydroxyl groups excluding tert-OH is 1. The predicted octanol–water partition coefficient (Wildman–Crippen LogP) is 3.06. The zero-order valence-corrected chi connectivity index (χ0v) is 13.4. The Morgan fingerprint density at radius 2 is 2.23 bits per heavy atom. The quantitative estimate of drug-likeness (QED) is 0.848. The third-order valence-electron chi connectivity index (χ3n) is 5.01. The van der Waals surface area contributed by atoms with Crippen molar-refractivity contribution in [3.63, 3.8) is 0 Å². The van der Waals surface area contributed by atoms with Gasteiger partial charge < -0.3 is 10.4 Å². The normalized spacial score (nSPS) is 25.9. The minimum Gasteiger partial charge on any atom is -0.396 e. The number of amides is 1. The number of carbonyl (C=O) groups is 1. The second kappa shape index (κ2) is 7.23. The fraction of sp³-hybridized carbons (Fsp3) is 0.611. The maximum atomic E-state index is 13.6. The van der Waals surface area contributed by atoms with E-state index in [-0.39, 0.29) is 35.7 Å². The summed E-state index contributed by atoms with van der Waals surface area (Å²) in [5.74, 6) is -0.371. The first-order valence-corrected chi connectivity index (χ1v) is 8.11. The molecular formula is C18H26FNO2. The van der Waals surface area contributed by atoms with Gasteiger partial charge in [0.2, 0.25) is 5.91 Å². The summed E-state index contributed by atoms with van der Waals surface area (Å²) >= 11 is 0. The lowest BCUT2D eigenvalue weighted by atomic mass is 9.85. The van der Waals surface area contributed by atoms with Crippen molar-refractivity contribution in [2.24, 2.45) is 11.3 Å². The third-order valence-corrected chi connectivity index (χ3v) is 5.01. The fourth-order valence-electron chi connectivity index (χ4n) is 3.19. The summed E-state index contributed by atoms with van der Waals surface area (Å²) in [6.07, 6.45) is 4.07. The summed E-state index contributed by atoms with van der Waals surface area (Å²) in [6.45, 7) is 4.00. The number of aryl methyl sites for hydroxylation is 1. The van der Waals surface area contributed by atoms with Crippen LogP contribution < -0.4 is 5.32 Å². The highest BCUT2D eigenvalue weighted by Gasteiger charge is 2.39. The van der Waals surface area contributed by atoms with Gasteiger partial charge in [-0.3, -0.25) is 4.79 Å². The van der Waals surface area contributed by atoms with Crippen molar-refractivity contribution < 1.29 is 14.3 Å². The van der Waals surface area contributed by atoms with Crippen LogP contribution in [0.15, 0.2) is 24.3 Å². The molecular weight excluding hydrogens is 281 g/mol. The molecule has 0 aromatic heterocycles. The number of nitrogens with one attached hydrogen (secondary N) is 1. The van der Waals surface area contributed by atoms with Crippen LogP contribution in [0.5, 0.6) is 0 Å². The van der Waals surface area contributed by atoms with Crippen LogP contribution in [0, 0.1) is 17.2 Å². The van der Waals surface area contributed by atoms with Gasteiger partial charge in [-0.2, -0.15) is 0 Å². The van der Waals surface area contributed by atoms with E-state index in [4.69, 9.17) is 0 Å². The van der Waals surface area contributed by atoms with Crippen molar-refractivity contribution in [3.8, 4) is 0 Å². The lowest BCUT2D eigenvalue weighted by Gasteiger charge is -2.31. The minimum atomic E-state index is -0.209. The molecule has 4 heteroatoms. The van der Waals surface area contributed by atoms with Gasteiger partial charge in [0.25, 0.3) is 0 Å². The molecule has 0 heterocycles. The van der Waals surface area contributed by atoms with E-state index in [0.29, 0.717) is 18.4 Å². The Hall–Kier alpha value is -1.42. The average Bonchev–Trinajstić information content (AvgIpc) is 2.87. The predicted molar refractivity (Wildman–Crippen MR) is 84.9 cm³/mol. The molecule has 0 radical (unpaired) electrons. The highest BCUT2D eigenvalue weighted by atomic mass is 19.1. The molecule has 3 atom stereocenters. The Bertz CT molecular complexity index is 520. The second-order valence-corrected chi connectivity index (χ2v) is 6.80. The minimum absolute atomic E-state index is 0.00270. The lowest BCUT2D eigenvalue weighted by molar-refractivity contribution is -0.126. The molecule has 22 heavy (non-hydrogen) atoms. The Labute approximate surface area is 131 Å². The van der Waals surface area contributed by atoms with E-state index < -0.39 is 0 Å². The van der Waals surface area contributed by atoms with Crippen LogP contribution in [0.1, 0.15) is 45.1 Å². The topological polar surface area (TPSA) is 49.3 Å². The molecule has 1 aromatic rings. The second-order valence-electron chi connectivity index (χ2n) is 6.80. The van der Waals surface area contributed by atoms with Crippen LogP contribution in [-0.2, 0) is 11.2 Å². The SMILES string of the molecule is CC(CCc1ccccc1F)C(=O)NC1CCCC1(C)CO. The van der Waals surface area contributed by atoms with E-state index in [1.54, 1.807) is 12.1 Å². The zero-order chi connectivity index (χ0) is 16.2. The molecule has 0 bridgehead atoms. The number of hydrogen-bond donors (Lipinski definition) is 2. The Morgan fingerprint density at radius 3 is 2.91 bits per heavy atom. The monoisotopic (exact) mass is 307 g/mol. The van der Waals surface area contributed by atoms with Crippen molar-refractivity contribution in [3.05, 3.63) is 35.6 Å². The average molecular weight is 307 g/mol. The molecule has 1 aromatic carbocycles. The number of hydrogen-bond acceptors (Lipinski definition) is 2. The van der Waals surface area contributed by atoms with Gasteiger partial charge in [0.05, 0.1) is 6.61 Å². The highest BCUT2D eigenvalue weighted by molar-refractivity contribution is 5.78. The Morgan fingerprint density at radius 1 is 1.50 bits per heavy atom. The molecule has 2 rings (SSSR count). The molecule has 122 valence electrons. The first kappa shape index (κ1) is 16.9. The number of benzene rings is 1. The summed E-state index contributed by atoms with van der Waals surface area (Å²) in [7, 11) is 0. The molecule has 1 aliphatic carbocycles. The summed E-state index contributed by atoms with van der Waals surface area (Å²) in [5.41, 5.74) is 0.448. The number of rotatable bonds is 6. The molecule has 0 spiro atoms. The molecule has 0 aliphatic heterocycles. The summed E-state index contributed by atoms with van der Waals surface area (Å²) in [4.78, 5) is 12.3. The van der Waals surface area contributed by atoms with Gasteiger partial charge in [-0.15, -0.1) is 0 Å². The Balaban J connectivity index is 1.86. The molecule has 1 amide bonds. The molecule has 3 nitrogen and oxygen atoms in total. The van der Waals surface area contributed by atoms with Crippen molar-refractivity contribution >= 4 is 5.91 Å². The van der Waals surface area contributed by atoms with E-state index in [1.807, 2.05) is 19.9 Å². The van der Waals surface area contributed by atoms with E-state index in [0.717, 1.165) is 19.3 Å². The first-order chi connectivity index (χ1) is 10.5. The highest BCUT2D eigenvalue weighted by Crippen LogP contribution is 2.37. The molecule has 2 N–H and O–H groups in total. The van der Waals surface area contributed by atoms with Crippen LogP contribution in [0.4, 0.5) is 4.39 Å². The van der Waals surface area contributed by atoms with Crippen molar-refractivity contribution in [2.75, 3.05) is 6.61 Å². The molecule has 1 aliphatic rings. The van der Waals surface area contributed by atoms with Crippen LogP contribution >= 0.6 is 0 Å². The van der Waals surface area contributed by atoms with Crippen LogP contribution in [0.3, 0.4) is 0 Å². The largest absolute Gasteiger partial charge is 0.396 e. The van der Waals surface area contributed by atoms with E-state index in [9.17, 15) is 14.3 Å². The number of carbonyl (C=O) groups excluding carboxylic acids is 1. The zero-order valence-electron chi connectivity index (χ0n) is 13.4. The maximum Gasteiger partial charge on any atom is 0.223 e. The number of halogens is 1. The van der Waals surface area contributed by atoms with Crippen LogP contribution in [0.25, 0.3) is 0 Å². The maximum absolute atomic E-state index is 13.6. The molecule has 1 saturated carbocycles. The summed E-state index contributed by atoms with van der Waals surface area (Å²) < 4.78 is 13.6. The Kier molecular flexibility index (Phi) is 5.57. The van der Waals surface area contributed by atoms with E-state index in [1.165, 1.54) is 6.07 Å². The van der Waals surface area contributed by atoms with Gasteiger partial charge in [-0.25, -0.2) is 4.39 Å². The van der Waals surface area contributed by atoms with Crippen LogP contribution in [-0.4, -0.2) is 23.7 Å². The van der Waals surface area contributed by atoms with Gasteiger partial charge in [0.15, 0.2) is 0 Å². The smallest absolute Gasteiger partial charge is 0.223 e. The van der Waals surface area contributed by atoms with Gasteiger partial charge in [-0.1, -0.05) is 38.5 Å². The van der Waals surface area contributed by atoms with Crippen molar-refractivity contribution in [1.29, 1.82) is 0 Å². The molecule has 3 unspecified atom stereocenters. The number of aliphatic hydroxyl groups is 1. The first-order valence-electron chi connectivity index (χ1n) is 8.11. The van der Waals surface area contributed by atoms with Gasteiger partial charge in [0.1, 0.15) is 5.82 Å². The van der Waals surface area contributed by atoms with Crippen molar-refractivity contribution in [2.45, 2.75) is 52.0 Å². The molecule has 1 fully saturated rings. The van der Waals surface area contributed by atoms with Crippen molar-refractivity contribution in [1.82, 2.24) is 5.32 Å². The van der Waals surface area contributed by atoms with Crippen LogP contribution in [0.2, 0.25) is 0 Å². The summed E-state index contributed by atoms with van der Waals surface area (Å²) in [6, 6.07) is 6.74. The van der Waals surface area contributed by atoms with E-state index in [2.05, 4.69) is 5.32 Å². The van der Waals surface area contributed by atoms with Gasteiger partial charge in [0, 0.05) is 17.4 Å². The van der Waals surface area contributed by atoms with E-state index >= 15 is 0 Å². The molecule has 0 saturated heterocycles. The van der Waals surface area contributed by atoms with Gasteiger partial charge in [-0.05, 0) is 37.3 Å². The third kappa shape index (κ3) is 3.86. The standard InChI is InChI=1S/C18H26FNO2/c1-13(9-10-14-6-3-4-7-15(14)19)17(22)20-16-8-5-11-18(16,2)12-21/h3-4,6-7,13,16,21H,5,8-12H2,1-2H3,(H,20,22). The lowest BCUT2D eigenvalue weighted by Crippen LogP contribution is -2.46.